The summed E-state index contributed by atoms with van der Waals surface area (Å²) in [4.78, 5) is 23.3. The number of rotatable bonds is 2. The van der Waals surface area contributed by atoms with Crippen LogP contribution in [0.4, 0.5) is 8.78 Å². The van der Waals surface area contributed by atoms with Crippen molar-refractivity contribution in [2.24, 2.45) is 0 Å². The first-order valence-electron chi connectivity index (χ1n) is 3.37. The fraction of sp³-hybridized carbons (Fsp3) is 0.143. The lowest BCUT2D eigenvalue weighted by atomic mass is 10.1. The van der Waals surface area contributed by atoms with Crippen LogP contribution < -0.4 is 5.56 Å². The lowest BCUT2D eigenvalue weighted by Crippen LogP contribution is -2.15. The number of carboxylic acid groups (broad SMARTS) is 1. The third kappa shape index (κ3) is 1.74. The minimum absolute atomic E-state index is 0.641. The van der Waals surface area contributed by atoms with E-state index in [1.165, 1.54) is 0 Å². The van der Waals surface area contributed by atoms with E-state index >= 15 is 0 Å². The van der Waals surface area contributed by atoms with Gasteiger partial charge in [-0.3, -0.25) is 4.79 Å². The molecule has 2 N–H and O–H groups in total. The number of aromatic nitrogens is 1. The fourth-order valence-corrected chi connectivity index (χ4v) is 1.15. The van der Waals surface area contributed by atoms with Crippen LogP contribution in [0.2, 0.25) is 5.02 Å². The molecule has 76 valence electrons. The molecule has 14 heavy (non-hydrogen) atoms. The van der Waals surface area contributed by atoms with E-state index in [0.717, 1.165) is 0 Å². The Morgan fingerprint density at radius 3 is 2.57 bits per heavy atom. The van der Waals surface area contributed by atoms with E-state index in [1.807, 2.05) is 4.98 Å². The lowest BCUT2D eigenvalue weighted by Gasteiger charge is -2.04. The van der Waals surface area contributed by atoms with Crippen LogP contribution in [0.25, 0.3) is 0 Å². The van der Waals surface area contributed by atoms with E-state index < -0.39 is 34.1 Å². The Labute approximate surface area is 81.1 Å². The Kier molecular flexibility index (Phi) is 2.85. The first-order chi connectivity index (χ1) is 6.45. The zero-order valence-corrected chi connectivity index (χ0v) is 7.31. The number of aromatic amines is 1. The highest BCUT2D eigenvalue weighted by atomic mass is 35.5. The third-order valence-corrected chi connectivity index (χ3v) is 1.88. The summed E-state index contributed by atoms with van der Waals surface area (Å²) in [5.74, 6) is -1.66. The first kappa shape index (κ1) is 10.6. The summed E-state index contributed by atoms with van der Waals surface area (Å²) >= 11 is 5.28. The van der Waals surface area contributed by atoms with Gasteiger partial charge >= 0.3 is 5.97 Å². The van der Waals surface area contributed by atoms with Crippen molar-refractivity contribution in [3.63, 3.8) is 0 Å². The number of nitrogens with one attached hydrogen (secondary N) is 1. The molecular formula is C7H4ClF2NO3. The van der Waals surface area contributed by atoms with Crippen molar-refractivity contribution in [3.8, 4) is 0 Å². The number of hydrogen-bond donors (Lipinski definition) is 2. The predicted molar refractivity (Wildman–Crippen MR) is 44.0 cm³/mol. The summed E-state index contributed by atoms with van der Waals surface area (Å²) in [5.41, 5.74) is -2.57. The second kappa shape index (κ2) is 3.75. The molecule has 0 radical (unpaired) electrons. The smallest absolute Gasteiger partial charge is 0.337 e. The number of aromatic carboxylic acids is 1. The van der Waals surface area contributed by atoms with Crippen LogP contribution in [0.15, 0.2) is 11.0 Å². The molecule has 7 heteroatoms. The number of alkyl halides is 2. The maximum absolute atomic E-state index is 12.3. The molecule has 0 aliphatic carbocycles. The second-order valence-corrected chi connectivity index (χ2v) is 2.75. The third-order valence-electron chi connectivity index (χ3n) is 1.52. The van der Waals surface area contributed by atoms with Gasteiger partial charge in [0.2, 0.25) is 0 Å². The van der Waals surface area contributed by atoms with Crippen molar-refractivity contribution < 1.29 is 18.7 Å². The Balaban J connectivity index is 3.54. The number of H-pyrrole nitrogens is 1. The summed E-state index contributed by atoms with van der Waals surface area (Å²) < 4.78 is 24.5. The second-order valence-electron chi connectivity index (χ2n) is 2.37. The molecule has 1 aromatic rings. The molecule has 0 atom stereocenters. The van der Waals surface area contributed by atoms with E-state index in [2.05, 4.69) is 0 Å². The molecule has 0 saturated heterocycles. The molecule has 1 aromatic heterocycles. The Bertz CT molecular complexity index is 429. The van der Waals surface area contributed by atoms with Crippen LogP contribution in [0.3, 0.4) is 0 Å². The highest BCUT2D eigenvalue weighted by Crippen LogP contribution is 2.25. The topological polar surface area (TPSA) is 70.2 Å². The standard InChI is InChI=1S/C7H4ClF2NO3/c8-4-3(7(13)14)2(5(9)10)1-11-6(4)12/h1,5H,(H,11,12)(H,13,14). The predicted octanol–water partition coefficient (Wildman–Crippen LogP) is 1.66. The zero-order valence-electron chi connectivity index (χ0n) is 6.55. The number of halogens is 3. The van der Waals surface area contributed by atoms with Crippen molar-refractivity contribution in [3.05, 3.63) is 32.7 Å². The maximum Gasteiger partial charge on any atom is 0.337 e. The fourth-order valence-electron chi connectivity index (χ4n) is 0.909. The SMILES string of the molecule is O=C(O)c1c(C(F)F)c[nH]c(=O)c1Cl. The number of carbonyl (C=O) groups is 1. The summed E-state index contributed by atoms with van der Waals surface area (Å²) in [6.45, 7) is 0. The number of hydrogen-bond acceptors (Lipinski definition) is 2. The van der Waals surface area contributed by atoms with Crippen LogP contribution in [0.5, 0.6) is 0 Å². The molecule has 0 bridgehead atoms. The van der Waals surface area contributed by atoms with Crippen LogP contribution in [-0.4, -0.2) is 16.1 Å². The van der Waals surface area contributed by atoms with Gasteiger partial charge in [0.25, 0.3) is 12.0 Å². The van der Waals surface area contributed by atoms with E-state index in [0.29, 0.717) is 6.20 Å². The van der Waals surface area contributed by atoms with Crippen LogP contribution >= 0.6 is 11.6 Å². The van der Waals surface area contributed by atoms with Gasteiger partial charge in [0.1, 0.15) is 5.02 Å². The van der Waals surface area contributed by atoms with Gasteiger partial charge in [-0.1, -0.05) is 11.6 Å². The van der Waals surface area contributed by atoms with E-state index in [9.17, 15) is 18.4 Å². The molecular weight excluding hydrogens is 220 g/mol. The molecule has 0 amide bonds. The molecule has 0 aliphatic rings. The zero-order chi connectivity index (χ0) is 10.9. The lowest BCUT2D eigenvalue weighted by molar-refractivity contribution is 0.0684. The van der Waals surface area contributed by atoms with Gasteiger partial charge in [-0.15, -0.1) is 0 Å². The van der Waals surface area contributed by atoms with Crippen molar-refractivity contribution in [2.75, 3.05) is 0 Å². The van der Waals surface area contributed by atoms with Crippen molar-refractivity contribution >= 4 is 17.6 Å². The average Bonchev–Trinajstić information content (AvgIpc) is 2.08. The summed E-state index contributed by atoms with van der Waals surface area (Å²) in [6, 6.07) is 0. The molecule has 0 unspecified atom stereocenters. The van der Waals surface area contributed by atoms with Crippen molar-refractivity contribution in [1.82, 2.24) is 4.98 Å². The van der Waals surface area contributed by atoms with Crippen LogP contribution in [0, 0.1) is 0 Å². The van der Waals surface area contributed by atoms with Crippen LogP contribution in [-0.2, 0) is 0 Å². The Morgan fingerprint density at radius 2 is 2.14 bits per heavy atom. The molecule has 1 heterocycles. The summed E-state index contributed by atoms with van der Waals surface area (Å²) in [5, 5.41) is 7.81. The molecule has 0 fully saturated rings. The van der Waals surface area contributed by atoms with Gasteiger partial charge in [-0.05, 0) is 0 Å². The van der Waals surface area contributed by atoms with Gasteiger partial charge in [0, 0.05) is 6.20 Å². The average molecular weight is 224 g/mol. The van der Waals surface area contributed by atoms with E-state index in [1.54, 1.807) is 0 Å². The van der Waals surface area contributed by atoms with Crippen molar-refractivity contribution in [1.29, 1.82) is 0 Å². The normalized spacial score (nSPS) is 10.6. The summed E-state index contributed by atoms with van der Waals surface area (Å²) in [6.07, 6.45) is -2.36. The quantitative estimate of drug-likeness (QED) is 0.801. The molecule has 0 aromatic carbocycles. The molecule has 0 aliphatic heterocycles. The van der Waals surface area contributed by atoms with Crippen LogP contribution in [0.1, 0.15) is 22.3 Å². The largest absolute Gasteiger partial charge is 0.478 e. The van der Waals surface area contributed by atoms with Crippen molar-refractivity contribution in [2.45, 2.75) is 6.43 Å². The molecule has 4 nitrogen and oxygen atoms in total. The highest BCUT2D eigenvalue weighted by Gasteiger charge is 2.22. The molecule has 1 rings (SSSR count). The summed E-state index contributed by atoms with van der Waals surface area (Å²) in [7, 11) is 0. The minimum Gasteiger partial charge on any atom is -0.478 e. The van der Waals surface area contributed by atoms with Gasteiger partial charge < -0.3 is 10.1 Å². The number of carboxylic acids is 1. The monoisotopic (exact) mass is 223 g/mol. The van der Waals surface area contributed by atoms with E-state index in [-0.39, 0.29) is 0 Å². The maximum atomic E-state index is 12.3. The van der Waals surface area contributed by atoms with Gasteiger partial charge in [0.05, 0.1) is 11.1 Å². The highest BCUT2D eigenvalue weighted by molar-refractivity contribution is 6.33. The van der Waals surface area contributed by atoms with Gasteiger partial charge in [-0.25, -0.2) is 13.6 Å². The number of pyridine rings is 1. The first-order valence-corrected chi connectivity index (χ1v) is 3.75. The van der Waals surface area contributed by atoms with Gasteiger partial charge in [-0.2, -0.15) is 0 Å². The molecule has 0 spiro atoms. The van der Waals surface area contributed by atoms with Gasteiger partial charge in [0.15, 0.2) is 0 Å². The Hall–Kier alpha value is -1.43. The minimum atomic E-state index is -3.00. The van der Waals surface area contributed by atoms with E-state index in [4.69, 9.17) is 16.7 Å². The molecule has 0 saturated carbocycles. The Morgan fingerprint density at radius 1 is 1.57 bits per heavy atom.